The van der Waals surface area contributed by atoms with Crippen molar-refractivity contribution in [2.45, 2.75) is 4.90 Å². The van der Waals surface area contributed by atoms with Crippen molar-refractivity contribution < 1.29 is 8.76 Å². The van der Waals surface area contributed by atoms with Crippen LogP contribution in [0.25, 0.3) is 10.8 Å². The second-order valence-electron chi connectivity index (χ2n) is 3.50. The molecule has 0 radical (unpaired) electrons. The van der Waals surface area contributed by atoms with Crippen LogP contribution < -0.4 is 10.3 Å². The summed E-state index contributed by atoms with van der Waals surface area (Å²) in [5.41, 5.74) is 0. The second-order valence-corrected chi connectivity index (χ2v) is 5.99. The molecule has 5 heteroatoms. The number of benzene rings is 2. The monoisotopic (exact) mass is 224 g/mol. The van der Waals surface area contributed by atoms with E-state index in [1.165, 1.54) is 6.07 Å². The van der Waals surface area contributed by atoms with Crippen molar-refractivity contribution in [1.29, 1.82) is 0 Å². The van der Waals surface area contributed by atoms with Crippen LogP contribution in [0.4, 0.5) is 0 Å². The van der Waals surface area contributed by atoms with Gasteiger partial charge in [-0.15, -0.1) is 0 Å². The molecule has 0 heterocycles. The predicted octanol–water partition coefficient (Wildman–Crippen LogP) is 1.24. The van der Waals surface area contributed by atoms with Crippen molar-refractivity contribution in [3.05, 3.63) is 42.5 Å². The Balaban J connectivity index is 2.90. The molecule has 0 aliphatic rings. The lowest BCUT2D eigenvalue weighted by Crippen LogP contribution is -2.50. The molecule has 15 heavy (non-hydrogen) atoms. The first-order chi connectivity index (χ1) is 6.85. The Bertz CT molecular complexity index is 572. The molecule has 0 aliphatic carbocycles. The molecule has 0 fully saturated rings. The average Bonchev–Trinajstić information content (AvgIpc) is 2.14. The molecule has 0 bridgehead atoms. The van der Waals surface area contributed by atoms with E-state index < -0.39 is 9.72 Å². The molecule has 0 amide bonds. The van der Waals surface area contributed by atoms with Crippen LogP contribution in [0.5, 0.6) is 0 Å². The minimum Gasteiger partial charge on any atom is -0.275 e. The lowest BCUT2D eigenvalue weighted by molar-refractivity contribution is 0.515. The first-order valence-electron chi connectivity index (χ1n) is 4.35. The molecule has 4 nitrogen and oxygen atoms in total. The van der Waals surface area contributed by atoms with Gasteiger partial charge in [-0.1, -0.05) is 46.1 Å². The summed E-state index contributed by atoms with van der Waals surface area (Å²) in [4.78, 5) is 0.0742. The Labute approximate surface area is 87.4 Å². The number of hydrogen-bond acceptors (Lipinski definition) is 1. The molecule has 80 valence electrons. The number of rotatable bonds is 1. The van der Waals surface area contributed by atoms with Gasteiger partial charge in [-0.2, -0.15) is 4.21 Å². The summed E-state index contributed by atoms with van der Waals surface area (Å²) in [5, 5.41) is 11.9. The minimum absolute atomic E-state index is 0.0742. The summed E-state index contributed by atoms with van der Waals surface area (Å²) >= 11 is 0. The summed E-state index contributed by atoms with van der Waals surface area (Å²) in [6.07, 6.45) is 0. The van der Waals surface area contributed by atoms with E-state index in [1.54, 1.807) is 18.2 Å². The van der Waals surface area contributed by atoms with Crippen molar-refractivity contribution in [2.24, 2.45) is 10.3 Å². The highest BCUT2D eigenvalue weighted by Gasteiger charge is 2.20. The molecule has 2 aromatic rings. The van der Waals surface area contributed by atoms with Crippen LogP contribution in [-0.4, -0.2) is 8.76 Å². The van der Waals surface area contributed by atoms with E-state index in [-0.39, 0.29) is 4.90 Å². The van der Waals surface area contributed by atoms with Crippen LogP contribution in [0.3, 0.4) is 0 Å². The topological polar surface area (TPSA) is 89.3 Å². The standard InChI is InChI=1S/C10H12N2O2S/c11-15(12,13,14)10-7-3-5-8-4-1-2-6-9(8)10/h1-7H,(H5,11,12,13,14). The molecule has 2 aromatic carbocycles. The maximum absolute atomic E-state index is 11.7. The van der Waals surface area contributed by atoms with Gasteiger partial charge in [0.25, 0.3) is 0 Å². The Morgan fingerprint density at radius 1 is 1.00 bits per heavy atom. The molecule has 5 N–H and O–H groups in total. The van der Waals surface area contributed by atoms with Gasteiger partial charge in [-0.05, 0) is 11.5 Å². The summed E-state index contributed by atoms with van der Waals surface area (Å²) in [6.45, 7) is 0. The van der Waals surface area contributed by atoms with E-state index in [4.69, 9.17) is 10.3 Å². The van der Waals surface area contributed by atoms with Crippen LogP contribution in [0.2, 0.25) is 0 Å². The lowest BCUT2D eigenvalue weighted by Gasteiger charge is -2.34. The highest BCUT2D eigenvalue weighted by molar-refractivity contribution is 8.11. The second kappa shape index (κ2) is 2.86. The van der Waals surface area contributed by atoms with Gasteiger partial charge in [0.05, 0.1) is 4.90 Å². The van der Waals surface area contributed by atoms with Gasteiger partial charge in [0.1, 0.15) is 0 Å². The fourth-order valence-corrected chi connectivity index (χ4v) is 2.53. The molecule has 0 aliphatic heterocycles. The predicted molar refractivity (Wildman–Crippen MR) is 61.4 cm³/mol. The Morgan fingerprint density at radius 3 is 2.27 bits per heavy atom. The minimum atomic E-state index is -4.66. The van der Waals surface area contributed by atoms with Crippen LogP contribution >= 0.6 is 0 Å². The number of fused-ring (bicyclic) bond motifs is 1. The van der Waals surface area contributed by atoms with Crippen molar-refractivity contribution in [2.75, 3.05) is 0 Å². The SMILES string of the molecule is NS(N)(=O)(O)c1cccc2ccccc12. The van der Waals surface area contributed by atoms with Gasteiger partial charge < -0.3 is 0 Å². The average molecular weight is 224 g/mol. The van der Waals surface area contributed by atoms with Gasteiger partial charge >= 0.3 is 0 Å². The molecule has 2 rings (SSSR count). The quantitative estimate of drug-likeness (QED) is 0.680. The van der Waals surface area contributed by atoms with E-state index in [0.29, 0.717) is 5.39 Å². The molecule has 0 unspecified atom stereocenters. The zero-order valence-electron chi connectivity index (χ0n) is 7.96. The molecule has 0 saturated heterocycles. The molecular formula is C10H12N2O2S. The van der Waals surface area contributed by atoms with Crippen LogP contribution in [0, 0.1) is 0 Å². The van der Waals surface area contributed by atoms with Crippen molar-refractivity contribution in [3.63, 3.8) is 0 Å². The van der Waals surface area contributed by atoms with Crippen molar-refractivity contribution in [1.82, 2.24) is 0 Å². The van der Waals surface area contributed by atoms with Gasteiger partial charge in [0.15, 0.2) is 0 Å². The third kappa shape index (κ3) is 1.91. The van der Waals surface area contributed by atoms with Crippen LogP contribution in [-0.2, 0) is 9.72 Å². The van der Waals surface area contributed by atoms with E-state index >= 15 is 0 Å². The van der Waals surface area contributed by atoms with Crippen LogP contribution in [0.15, 0.2) is 47.4 Å². The summed E-state index contributed by atoms with van der Waals surface area (Å²) in [6, 6.07) is 12.1. The third-order valence-electron chi connectivity index (χ3n) is 2.19. The number of nitrogens with two attached hydrogens (primary N) is 2. The Hall–Kier alpha value is -1.27. The van der Waals surface area contributed by atoms with E-state index in [2.05, 4.69) is 0 Å². The first kappa shape index (κ1) is 10.3. The normalized spacial score (nSPS) is 14.7. The van der Waals surface area contributed by atoms with Crippen molar-refractivity contribution >= 4 is 20.5 Å². The van der Waals surface area contributed by atoms with Gasteiger partial charge in [0, 0.05) is 5.39 Å². The fraction of sp³-hybridized carbons (Fsp3) is 0. The fourth-order valence-electron chi connectivity index (χ4n) is 1.55. The lowest BCUT2D eigenvalue weighted by atomic mass is 10.1. The molecule has 0 spiro atoms. The highest BCUT2D eigenvalue weighted by Crippen LogP contribution is 2.27. The van der Waals surface area contributed by atoms with Gasteiger partial charge in [-0.3, -0.25) is 4.55 Å². The molecular weight excluding hydrogens is 212 g/mol. The van der Waals surface area contributed by atoms with Crippen LogP contribution in [0.1, 0.15) is 0 Å². The van der Waals surface area contributed by atoms with Crippen molar-refractivity contribution in [3.8, 4) is 0 Å². The summed E-state index contributed by atoms with van der Waals surface area (Å²) in [7, 11) is -4.66. The Morgan fingerprint density at radius 2 is 1.60 bits per heavy atom. The maximum Gasteiger partial charge on any atom is 0.0919 e. The first-order valence-corrected chi connectivity index (χ1v) is 6.40. The number of hydrogen-bond donors (Lipinski definition) is 3. The van der Waals surface area contributed by atoms with Gasteiger partial charge in [0.2, 0.25) is 0 Å². The van der Waals surface area contributed by atoms with E-state index in [0.717, 1.165) is 5.39 Å². The molecule has 0 saturated carbocycles. The largest absolute Gasteiger partial charge is 0.275 e. The smallest absolute Gasteiger partial charge is 0.0919 e. The van der Waals surface area contributed by atoms with Gasteiger partial charge in [-0.25, -0.2) is 10.3 Å². The summed E-state index contributed by atoms with van der Waals surface area (Å²) in [5.74, 6) is 0. The summed E-state index contributed by atoms with van der Waals surface area (Å²) < 4.78 is 21.3. The van der Waals surface area contributed by atoms with E-state index in [9.17, 15) is 8.76 Å². The zero-order valence-corrected chi connectivity index (χ0v) is 8.78. The Kier molecular flexibility index (Phi) is 1.96. The maximum atomic E-state index is 11.7. The zero-order chi connectivity index (χ0) is 11.1. The highest BCUT2D eigenvalue weighted by atomic mass is 32.3. The molecule has 0 atom stereocenters. The third-order valence-corrected chi connectivity index (χ3v) is 3.43. The molecule has 0 aromatic heterocycles. The van der Waals surface area contributed by atoms with E-state index in [1.807, 2.05) is 18.2 Å².